The second-order valence-electron chi connectivity index (χ2n) is 5.97. The molecule has 2 nitrogen and oxygen atoms in total. The molecule has 0 fully saturated rings. The topological polar surface area (TPSA) is 21.3 Å². The lowest BCUT2D eigenvalue weighted by atomic mass is 10.00. The third-order valence-corrected chi connectivity index (χ3v) is 3.69. The number of halogens is 1. The van der Waals surface area contributed by atoms with Crippen molar-refractivity contribution in [2.75, 3.05) is 11.9 Å². The normalized spacial score (nSPS) is 17.0. The van der Waals surface area contributed by atoms with Gasteiger partial charge in [-0.3, -0.25) is 0 Å². The van der Waals surface area contributed by atoms with Crippen molar-refractivity contribution in [3.63, 3.8) is 0 Å². The fourth-order valence-electron chi connectivity index (χ4n) is 2.66. The van der Waals surface area contributed by atoms with Gasteiger partial charge in [0.15, 0.2) is 0 Å². The third kappa shape index (κ3) is 3.18. The number of ether oxygens (including phenoxy) is 1. The first-order valence-corrected chi connectivity index (χ1v) is 7.41. The molecular formula is C18H20FNO. The summed E-state index contributed by atoms with van der Waals surface area (Å²) >= 11 is 0. The van der Waals surface area contributed by atoms with Crippen molar-refractivity contribution in [3.05, 3.63) is 59.4 Å². The Hall–Kier alpha value is -2.03. The van der Waals surface area contributed by atoms with Crippen LogP contribution in [0.25, 0.3) is 0 Å². The van der Waals surface area contributed by atoms with Gasteiger partial charge >= 0.3 is 0 Å². The molecule has 21 heavy (non-hydrogen) atoms. The molecule has 1 aliphatic heterocycles. The fourth-order valence-corrected chi connectivity index (χ4v) is 2.66. The van der Waals surface area contributed by atoms with Gasteiger partial charge in [0.1, 0.15) is 17.7 Å². The molecule has 1 atom stereocenters. The minimum absolute atomic E-state index is 0.0765. The highest BCUT2D eigenvalue weighted by atomic mass is 19.1. The molecule has 1 heterocycles. The molecule has 0 amide bonds. The van der Waals surface area contributed by atoms with Crippen LogP contribution in [0.2, 0.25) is 0 Å². The molecule has 1 N–H and O–H groups in total. The Morgan fingerprint density at radius 1 is 1.19 bits per heavy atom. The number of fused-ring (bicyclic) bond motifs is 1. The van der Waals surface area contributed by atoms with Gasteiger partial charge in [-0.05, 0) is 35.6 Å². The van der Waals surface area contributed by atoms with E-state index in [0.29, 0.717) is 18.2 Å². The molecular weight excluding hydrogens is 265 g/mol. The minimum atomic E-state index is -0.275. The zero-order valence-electron chi connectivity index (χ0n) is 12.4. The second kappa shape index (κ2) is 5.76. The van der Waals surface area contributed by atoms with Gasteiger partial charge in [-0.25, -0.2) is 4.39 Å². The fraction of sp³-hybridized carbons (Fsp3) is 0.333. The van der Waals surface area contributed by atoms with E-state index < -0.39 is 0 Å². The molecule has 2 aromatic rings. The summed E-state index contributed by atoms with van der Waals surface area (Å²) < 4.78 is 19.2. The predicted octanol–water partition coefficient (Wildman–Crippen LogP) is 4.57. The standard InChI is InChI=1S/C18H20FNO/c1-12(2)9-13-3-5-14(6-4-13)18-11-20-16-8-7-15(19)10-17(16)21-18/h3-8,10,12,18,20H,9,11H2,1-2H3. The Bertz CT molecular complexity index is 622. The van der Waals surface area contributed by atoms with Crippen LogP contribution in [0.3, 0.4) is 0 Å². The lowest BCUT2D eigenvalue weighted by Crippen LogP contribution is -2.23. The minimum Gasteiger partial charge on any atom is -0.482 e. The first kappa shape index (κ1) is 13.9. The van der Waals surface area contributed by atoms with E-state index in [-0.39, 0.29) is 11.9 Å². The van der Waals surface area contributed by atoms with Crippen LogP contribution in [0.5, 0.6) is 5.75 Å². The molecule has 3 heteroatoms. The van der Waals surface area contributed by atoms with E-state index in [4.69, 9.17) is 4.74 Å². The van der Waals surface area contributed by atoms with Gasteiger partial charge in [0.2, 0.25) is 0 Å². The highest BCUT2D eigenvalue weighted by Crippen LogP contribution is 2.34. The van der Waals surface area contributed by atoms with Gasteiger partial charge in [-0.1, -0.05) is 38.1 Å². The monoisotopic (exact) mass is 285 g/mol. The maximum atomic E-state index is 13.3. The molecule has 0 aromatic heterocycles. The van der Waals surface area contributed by atoms with Crippen LogP contribution in [0.1, 0.15) is 31.1 Å². The molecule has 0 spiro atoms. The number of rotatable bonds is 3. The predicted molar refractivity (Wildman–Crippen MR) is 83.2 cm³/mol. The summed E-state index contributed by atoms with van der Waals surface area (Å²) in [6.07, 6.45) is 1.00. The average molecular weight is 285 g/mol. The molecule has 1 aliphatic rings. The maximum absolute atomic E-state index is 13.3. The number of hydrogen-bond acceptors (Lipinski definition) is 2. The zero-order chi connectivity index (χ0) is 14.8. The van der Waals surface area contributed by atoms with Gasteiger partial charge in [0.05, 0.1) is 12.2 Å². The smallest absolute Gasteiger partial charge is 0.146 e. The Labute approximate surface area is 125 Å². The van der Waals surface area contributed by atoms with Crippen molar-refractivity contribution in [1.82, 2.24) is 0 Å². The average Bonchev–Trinajstić information content (AvgIpc) is 2.46. The molecule has 0 saturated heterocycles. The Kier molecular flexibility index (Phi) is 3.82. The number of nitrogens with one attached hydrogen (secondary N) is 1. The van der Waals surface area contributed by atoms with Crippen LogP contribution in [0.4, 0.5) is 10.1 Å². The Morgan fingerprint density at radius 3 is 2.67 bits per heavy atom. The number of benzene rings is 2. The van der Waals surface area contributed by atoms with Crippen molar-refractivity contribution in [1.29, 1.82) is 0 Å². The van der Waals surface area contributed by atoms with E-state index in [1.54, 1.807) is 6.07 Å². The maximum Gasteiger partial charge on any atom is 0.146 e. The summed E-state index contributed by atoms with van der Waals surface area (Å²) in [5, 5.41) is 3.29. The summed E-state index contributed by atoms with van der Waals surface area (Å²) in [6, 6.07) is 13.1. The summed E-state index contributed by atoms with van der Waals surface area (Å²) in [5.74, 6) is 0.958. The molecule has 0 bridgehead atoms. The number of anilines is 1. The van der Waals surface area contributed by atoms with Gasteiger partial charge in [-0.2, -0.15) is 0 Å². The van der Waals surface area contributed by atoms with E-state index in [1.165, 1.54) is 17.7 Å². The lowest BCUT2D eigenvalue weighted by Gasteiger charge is -2.27. The van der Waals surface area contributed by atoms with Gasteiger partial charge in [0, 0.05) is 6.07 Å². The Balaban J connectivity index is 1.76. The van der Waals surface area contributed by atoms with Crippen LogP contribution in [0.15, 0.2) is 42.5 Å². The summed E-state index contributed by atoms with van der Waals surface area (Å²) in [5.41, 5.74) is 3.30. The van der Waals surface area contributed by atoms with Crippen LogP contribution in [0, 0.1) is 11.7 Å². The molecule has 2 aromatic carbocycles. The summed E-state index contributed by atoms with van der Waals surface area (Å²) in [4.78, 5) is 0. The van der Waals surface area contributed by atoms with E-state index in [1.807, 2.05) is 0 Å². The largest absolute Gasteiger partial charge is 0.482 e. The van der Waals surface area contributed by atoms with E-state index in [2.05, 4.69) is 43.4 Å². The zero-order valence-corrected chi connectivity index (χ0v) is 12.4. The summed E-state index contributed by atoms with van der Waals surface area (Å²) in [6.45, 7) is 5.13. The summed E-state index contributed by atoms with van der Waals surface area (Å²) in [7, 11) is 0. The molecule has 110 valence electrons. The van der Waals surface area contributed by atoms with E-state index in [0.717, 1.165) is 17.7 Å². The van der Waals surface area contributed by atoms with Crippen LogP contribution in [-0.4, -0.2) is 6.54 Å². The van der Waals surface area contributed by atoms with Crippen molar-refractivity contribution in [2.45, 2.75) is 26.4 Å². The molecule has 0 aliphatic carbocycles. The highest BCUT2D eigenvalue weighted by molar-refractivity contribution is 5.58. The van der Waals surface area contributed by atoms with E-state index >= 15 is 0 Å². The SMILES string of the molecule is CC(C)Cc1ccc(C2CNc3ccc(F)cc3O2)cc1. The van der Waals surface area contributed by atoms with Gasteiger partial charge < -0.3 is 10.1 Å². The van der Waals surface area contributed by atoms with Gasteiger partial charge in [-0.15, -0.1) is 0 Å². The Morgan fingerprint density at radius 2 is 1.95 bits per heavy atom. The van der Waals surface area contributed by atoms with Crippen molar-refractivity contribution < 1.29 is 9.13 Å². The van der Waals surface area contributed by atoms with Crippen LogP contribution in [-0.2, 0) is 6.42 Å². The van der Waals surface area contributed by atoms with Crippen LogP contribution >= 0.6 is 0 Å². The van der Waals surface area contributed by atoms with Gasteiger partial charge in [0.25, 0.3) is 0 Å². The quantitative estimate of drug-likeness (QED) is 0.892. The number of hydrogen-bond donors (Lipinski definition) is 1. The first-order valence-electron chi connectivity index (χ1n) is 7.41. The molecule has 3 rings (SSSR count). The molecule has 0 radical (unpaired) electrons. The molecule has 1 unspecified atom stereocenters. The second-order valence-corrected chi connectivity index (χ2v) is 5.97. The van der Waals surface area contributed by atoms with Crippen molar-refractivity contribution >= 4 is 5.69 Å². The van der Waals surface area contributed by atoms with E-state index in [9.17, 15) is 4.39 Å². The lowest BCUT2D eigenvalue weighted by molar-refractivity contribution is 0.209. The third-order valence-electron chi connectivity index (χ3n) is 3.69. The highest BCUT2D eigenvalue weighted by Gasteiger charge is 2.21. The van der Waals surface area contributed by atoms with Crippen LogP contribution < -0.4 is 10.1 Å². The first-order chi connectivity index (χ1) is 10.1. The van der Waals surface area contributed by atoms with Crippen molar-refractivity contribution in [2.24, 2.45) is 5.92 Å². The molecule has 0 saturated carbocycles. The van der Waals surface area contributed by atoms with Crippen molar-refractivity contribution in [3.8, 4) is 5.75 Å².